The lowest BCUT2D eigenvalue weighted by Gasteiger charge is -2.32. The van der Waals surface area contributed by atoms with E-state index in [0.29, 0.717) is 31.4 Å². The number of fused-ring (bicyclic) bond motifs is 5. The zero-order valence-electron chi connectivity index (χ0n) is 35.0. The second-order valence-electron chi connectivity index (χ2n) is 15.6. The van der Waals surface area contributed by atoms with E-state index in [2.05, 4.69) is 28.2 Å². The van der Waals surface area contributed by atoms with Gasteiger partial charge in [0.15, 0.2) is 0 Å². The smallest absolute Gasteiger partial charge is 0.326 e. The van der Waals surface area contributed by atoms with Gasteiger partial charge in [-0.3, -0.25) is 24.0 Å². The Bertz CT molecular complexity index is 1720. The van der Waals surface area contributed by atoms with E-state index in [1.165, 1.54) is 102 Å². The van der Waals surface area contributed by atoms with E-state index in [1.807, 2.05) is 0 Å². The number of benzene rings is 2. The largest absolute Gasteiger partial charge is 0.507 e. The number of phenols is 2. The number of unbranched alkanes of at least 4 members (excludes halogenated alkanes) is 11. The minimum atomic E-state index is -1.41. The molecule has 0 saturated carbocycles. The maximum absolute atomic E-state index is 14.3. The molecule has 5 amide bonds. The van der Waals surface area contributed by atoms with Crippen molar-refractivity contribution in [1.82, 2.24) is 26.2 Å². The number of carboxylic acids is 1. The van der Waals surface area contributed by atoms with E-state index in [9.17, 15) is 44.1 Å². The highest BCUT2D eigenvalue weighted by molar-refractivity contribution is 5.96. The van der Waals surface area contributed by atoms with E-state index in [1.54, 1.807) is 0 Å². The number of amides is 5. The van der Waals surface area contributed by atoms with Crippen LogP contribution in [0.1, 0.15) is 134 Å². The van der Waals surface area contributed by atoms with Crippen molar-refractivity contribution in [3.05, 3.63) is 47.5 Å². The maximum atomic E-state index is 14.3. The molecule has 1 heterocycles. The first-order chi connectivity index (χ1) is 28.3. The number of nitrogens with one attached hydrogen (secondary N) is 4. The van der Waals surface area contributed by atoms with Gasteiger partial charge in [0.05, 0.1) is 0 Å². The highest BCUT2D eigenvalue weighted by atomic mass is 16.4. The Labute approximate surface area is 348 Å². The molecule has 326 valence electrons. The van der Waals surface area contributed by atoms with Gasteiger partial charge in [0, 0.05) is 44.0 Å². The van der Waals surface area contributed by atoms with Crippen LogP contribution >= 0.6 is 0 Å². The summed E-state index contributed by atoms with van der Waals surface area (Å²) in [6.45, 7) is 4.04. The van der Waals surface area contributed by atoms with Crippen molar-refractivity contribution < 1.29 is 44.1 Å². The van der Waals surface area contributed by atoms with Gasteiger partial charge in [-0.1, -0.05) is 83.3 Å². The number of aliphatic carboxylic acids is 1. The molecule has 1 aliphatic rings. The van der Waals surface area contributed by atoms with Crippen LogP contribution in [0.25, 0.3) is 11.1 Å². The molecule has 9 N–H and O–H groups in total. The molecule has 0 fully saturated rings. The molecule has 15 heteroatoms. The van der Waals surface area contributed by atoms with Crippen molar-refractivity contribution in [2.24, 2.45) is 5.73 Å². The fraction of sp³-hybridized carbons (Fsp3) is 0.591. The standard InChI is InChI=1S/C44H66N6O9/c1-4-5-6-7-8-9-10-11-12-13-14-18-38(53)46-25-23-39(54)48-34(17-15-16-24-45)43(57)50(3)40-31-20-22-37(52)33(28-31)32-26-30(19-21-36(32)51)27-35(44(58)59)49-41(55)29(2)47-42(40)56/h19-22,26,28-29,34-35,40,51-52H,4-18,23-25,27,45H2,1-3H3,(H,46,53)(H,47,56)(H,48,54)(H,49,55)(H,58,59)/t29-,34-,35-,40-/m0/s1. The zero-order chi connectivity index (χ0) is 43.3. The third-order valence-corrected chi connectivity index (χ3v) is 10.7. The first kappa shape index (κ1) is 48.2. The number of hydrogen-bond donors (Lipinski definition) is 8. The summed E-state index contributed by atoms with van der Waals surface area (Å²) in [6, 6.07) is 3.40. The fourth-order valence-electron chi connectivity index (χ4n) is 7.25. The Morgan fingerprint density at radius 3 is 2.03 bits per heavy atom. The molecule has 0 aliphatic carbocycles. The van der Waals surface area contributed by atoms with E-state index in [0.717, 1.165) is 24.2 Å². The van der Waals surface area contributed by atoms with Crippen LogP contribution in [0.5, 0.6) is 11.5 Å². The predicted octanol–water partition coefficient (Wildman–Crippen LogP) is 4.72. The number of rotatable bonds is 23. The molecule has 2 aromatic carbocycles. The van der Waals surface area contributed by atoms with Crippen molar-refractivity contribution >= 4 is 35.5 Å². The van der Waals surface area contributed by atoms with Gasteiger partial charge in [0.2, 0.25) is 29.5 Å². The van der Waals surface area contributed by atoms with Gasteiger partial charge < -0.3 is 47.2 Å². The van der Waals surface area contributed by atoms with Gasteiger partial charge in [0.25, 0.3) is 0 Å². The van der Waals surface area contributed by atoms with Crippen molar-refractivity contribution in [2.45, 2.75) is 147 Å². The Hall–Kier alpha value is -5.18. The average Bonchev–Trinajstić information content (AvgIpc) is 3.20. The highest BCUT2D eigenvalue weighted by Gasteiger charge is 2.35. The van der Waals surface area contributed by atoms with E-state index in [4.69, 9.17) is 5.73 Å². The summed E-state index contributed by atoms with van der Waals surface area (Å²) in [4.78, 5) is 80.5. The molecule has 59 heavy (non-hydrogen) atoms. The number of nitrogens with zero attached hydrogens (tertiary/aromatic N) is 1. The lowest BCUT2D eigenvalue weighted by atomic mass is 9.93. The van der Waals surface area contributed by atoms with Crippen LogP contribution in [0.2, 0.25) is 0 Å². The van der Waals surface area contributed by atoms with E-state index >= 15 is 0 Å². The second-order valence-corrected chi connectivity index (χ2v) is 15.6. The van der Waals surface area contributed by atoms with Crippen molar-refractivity contribution in [3.8, 4) is 22.6 Å². The van der Waals surface area contributed by atoms with Gasteiger partial charge in [-0.25, -0.2) is 4.79 Å². The van der Waals surface area contributed by atoms with Crippen LogP contribution in [-0.4, -0.2) is 94.0 Å². The summed E-state index contributed by atoms with van der Waals surface area (Å²) in [5.74, 6) is -4.63. The molecule has 4 atom stereocenters. The summed E-state index contributed by atoms with van der Waals surface area (Å²) in [5.41, 5.74) is 6.63. The minimum Gasteiger partial charge on any atom is -0.507 e. The molecule has 0 unspecified atom stereocenters. The first-order valence-corrected chi connectivity index (χ1v) is 21.3. The lowest BCUT2D eigenvalue weighted by molar-refractivity contribution is -0.144. The number of carbonyl (C=O) groups excluding carboxylic acids is 5. The quantitative estimate of drug-likeness (QED) is 0.0718. The molecule has 0 aromatic heterocycles. The zero-order valence-corrected chi connectivity index (χ0v) is 35.0. The molecule has 1 aliphatic heterocycles. The molecule has 3 rings (SSSR count). The number of carbonyl (C=O) groups is 6. The SMILES string of the molecule is CCCCCCCCCCCCCC(=O)NCCC(=O)N[C@@H](CCCCN)C(=O)N(C)[C@@H]1C(=O)N[C@@H](C)C(=O)N[C@H](C(=O)O)Cc2ccc(O)c(c2)-c2cc1ccc2O. The monoisotopic (exact) mass is 822 g/mol. The van der Waals surface area contributed by atoms with Crippen LogP contribution in [0.3, 0.4) is 0 Å². The topological polar surface area (TPSA) is 240 Å². The molecule has 15 nitrogen and oxygen atoms in total. The Morgan fingerprint density at radius 2 is 1.41 bits per heavy atom. The minimum absolute atomic E-state index is 0.0772. The maximum Gasteiger partial charge on any atom is 0.326 e. The fourth-order valence-corrected chi connectivity index (χ4v) is 7.25. The summed E-state index contributed by atoms with van der Waals surface area (Å²) in [6.07, 6.45) is 14.3. The number of hydrogen-bond acceptors (Lipinski definition) is 9. The average molecular weight is 823 g/mol. The number of nitrogens with two attached hydrogens (primary N) is 1. The Balaban J connectivity index is 1.72. The van der Waals surface area contributed by atoms with E-state index in [-0.39, 0.29) is 59.9 Å². The summed E-state index contributed by atoms with van der Waals surface area (Å²) >= 11 is 0. The van der Waals surface area contributed by atoms with Crippen molar-refractivity contribution in [1.29, 1.82) is 0 Å². The van der Waals surface area contributed by atoms with Crippen molar-refractivity contribution in [2.75, 3.05) is 20.1 Å². The van der Waals surface area contributed by atoms with Crippen LogP contribution in [0.15, 0.2) is 36.4 Å². The van der Waals surface area contributed by atoms with Crippen molar-refractivity contribution in [3.63, 3.8) is 0 Å². The van der Waals surface area contributed by atoms with Gasteiger partial charge in [-0.2, -0.15) is 0 Å². The predicted molar refractivity (Wildman–Crippen MR) is 225 cm³/mol. The molecule has 2 aromatic rings. The molecular formula is C44H66N6O9. The Kier molecular flexibility index (Phi) is 20.7. The van der Waals surface area contributed by atoms with Gasteiger partial charge in [-0.15, -0.1) is 0 Å². The molecule has 0 saturated heterocycles. The summed E-state index contributed by atoms with van der Waals surface area (Å²) < 4.78 is 0. The second kappa shape index (κ2) is 25.3. The normalized spacial score (nSPS) is 17.2. The third-order valence-electron chi connectivity index (χ3n) is 10.7. The van der Waals surface area contributed by atoms with Gasteiger partial charge >= 0.3 is 5.97 Å². The number of likely N-dealkylation sites (N-methyl/N-ethyl adjacent to an activating group) is 1. The van der Waals surface area contributed by atoms with Crippen LogP contribution in [0, 0.1) is 0 Å². The third kappa shape index (κ3) is 15.8. The lowest BCUT2D eigenvalue weighted by Crippen LogP contribution is -2.54. The first-order valence-electron chi connectivity index (χ1n) is 21.3. The van der Waals surface area contributed by atoms with Crippen LogP contribution < -0.4 is 27.0 Å². The van der Waals surface area contributed by atoms with E-state index < -0.39 is 53.8 Å². The summed E-state index contributed by atoms with van der Waals surface area (Å²) in [7, 11) is 1.38. The molecule has 0 radical (unpaired) electrons. The van der Waals surface area contributed by atoms with Crippen LogP contribution in [-0.2, 0) is 35.2 Å². The van der Waals surface area contributed by atoms with Gasteiger partial charge in [-0.05, 0) is 74.5 Å². The molecular weight excluding hydrogens is 757 g/mol. The van der Waals surface area contributed by atoms with Crippen LogP contribution in [0.4, 0.5) is 0 Å². The molecule has 0 spiro atoms. The molecule has 4 bridgehead atoms. The highest BCUT2D eigenvalue weighted by Crippen LogP contribution is 2.39. The number of aromatic hydroxyl groups is 2. The number of carboxylic acid groups (broad SMARTS) is 1. The van der Waals surface area contributed by atoms with Gasteiger partial charge in [0.1, 0.15) is 35.7 Å². The summed E-state index contributed by atoms with van der Waals surface area (Å²) in [5, 5.41) is 42.2. The number of phenolic OH excluding ortho intramolecular Hbond substituents is 2. The Morgan fingerprint density at radius 1 is 0.797 bits per heavy atom.